The Morgan fingerprint density at radius 3 is 2.95 bits per heavy atom. The molecule has 2 rings (SSSR count). The fourth-order valence-electron chi connectivity index (χ4n) is 2.03. The van der Waals surface area contributed by atoms with Gasteiger partial charge in [0.25, 0.3) is 11.5 Å². The van der Waals surface area contributed by atoms with Crippen molar-refractivity contribution < 1.29 is 9.53 Å². The number of carbonyl (C=O) groups excluding carboxylic acids is 1. The second-order valence-corrected chi connectivity index (χ2v) is 5.40. The van der Waals surface area contributed by atoms with E-state index in [1.807, 2.05) is 0 Å². The highest BCUT2D eigenvalue weighted by molar-refractivity contribution is 9.10. The minimum atomic E-state index is -0.468. The second-order valence-electron chi connectivity index (χ2n) is 4.54. The van der Waals surface area contributed by atoms with E-state index in [9.17, 15) is 9.59 Å². The largest absolute Gasteiger partial charge is 0.364 e. The van der Waals surface area contributed by atoms with Gasteiger partial charge in [-0.25, -0.2) is 0 Å². The summed E-state index contributed by atoms with van der Waals surface area (Å²) in [4.78, 5) is 23.5. The third-order valence-electron chi connectivity index (χ3n) is 3.07. The molecule has 6 nitrogen and oxygen atoms in total. The van der Waals surface area contributed by atoms with Crippen molar-refractivity contribution in [3.8, 4) is 0 Å². The van der Waals surface area contributed by atoms with Gasteiger partial charge in [0.15, 0.2) is 0 Å². The van der Waals surface area contributed by atoms with Crippen LogP contribution >= 0.6 is 15.9 Å². The lowest BCUT2D eigenvalue weighted by atomic mass is 10.2. The zero-order valence-electron chi connectivity index (χ0n) is 10.6. The predicted molar refractivity (Wildman–Crippen MR) is 75.0 cm³/mol. The molecular formula is C12H16BrN3O3. The van der Waals surface area contributed by atoms with Crippen molar-refractivity contribution in [2.45, 2.75) is 25.0 Å². The molecule has 0 aliphatic carbocycles. The van der Waals surface area contributed by atoms with Gasteiger partial charge in [0.05, 0.1) is 16.3 Å². The van der Waals surface area contributed by atoms with Crippen molar-refractivity contribution in [2.75, 3.05) is 11.9 Å². The lowest BCUT2D eigenvalue weighted by molar-refractivity contribution is -0.126. The smallest absolute Gasteiger partial charge is 0.264 e. The number of halogens is 1. The van der Waals surface area contributed by atoms with Crippen molar-refractivity contribution in [1.82, 2.24) is 4.57 Å². The predicted octanol–water partition coefficient (Wildman–Crippen LogP) is 0.593. The van der Waals surface area contributed by atoms with Crippen LogP contribution in [0.2, 0.25) is 0 Å². The number of anilines is 1. The molecule has 1 aromatic rings. The molecule has 1 saturated heterocycles. The van der Waals surface area contributed by atoms with E-state index in [1.54, 1.807) is 19.3 Å². The molecule has 0 radical (unpaired) electrons. The van der Waals surface area contributed by atoms with Crippen molar-refractivity contribution in [3.63, 3.8) is 0 Å². The van der Waals surface area contributed by atoms with Gasteiger partial charge in [0.1, 0.15) is 6.10 Å². The monoisotopic (exact) mass is 329 g/mol. The quantitative estimate of drug-likeness (QED) is 0.849. The van der Waals surface area contributed by atoms with Crippen LogP contribution in [-0.4, -0.2) is 29.2 Å². The molecule has 1 aromatic heterocycles. The number of nitrogens with two attached hydrogens (primary N) is 1. The Hall–Kier alpha value is -1.18. The summed E-state index contributed by atoms with van der Waals surface area (Å²) >= 11 is 3.16. The molecule has 1 amide bonds. The summed E-state index contributed by atoms with van der Waals surface area (Å²) in [5.74, 6) is -0.207. The molecule has 2 heterocycles. The lowest BCUT2D eigenvalue weighted by Gasteiger charge is -2.13. The van der Waals surface area contributed by atoms with Gasteiger partial charge in [-0.15, -0.1) is 0 Å². The Morgan fingerprint density at radius 2 is 2.37 bits per heavy atom. The number of hydrogen-bond acceptors (Lipinski definition) is 4. The molecule has 0 unspecified atom stereocenters. The first kappa shape index (κ1) is 14.2. The van der Waals surface area contributed by atoms with Crippen LogP contribution in [0.25, 0.3) is 0 Å². The number of rotatable bonds is 3. The molecule has 0 aromatic carbocycles. The molecule has 1 fully saturated rings. The topological polar surface area (TPSA) is 86.3 Å². The summed E-state index contributed by atoms with van der Waals surface area (Å²) in [6.07, 6.45) is 2.53. The molecule has 104 valence electrons. The molecule has 3 N–H and O–H groups in total. The van der Waals surface area contributed by atoms with Gasteiger partial charge < -0.3 is 20.4 Å². The normalized spacial score (nSPS) is 22.5. The molecule has 0 spiro atoms. The third kappa shape index (κ3) is 3.23. The first-order valence-corrected chi connectivity index (χ1v) is 6.83. The zero-order valence-corrected chi connectivity index (χ0v) is 12.1. The maximum atomic E-state index is 12.0. The molecular weight excluding hydrogens is 314 g/mol. The summed E-state index contributed by atoms with van der Waals surface area (Å²) in [7, 11) is 1.62. The minimum Gasteiger partial charge on any atom is -0.364 e. The van der Waals surface area contributed by atoms with Gasteiger partial charge in [-0.2, -0.15) is 0 Å². The van der Waals surface area contributed by atoms with Gasteiger partial charge in [0.2, 0.25) is 0 Å². The number of amides is 1. The first-order chi connectivity index (χ1) is 9.01. The van der Waals surface area contributed by atoms with E-state index in [2.05, 4.69) is 21.2 Å². The van der Waals surface area contributed by atoms with E-state index in [1.165, 1.54) is 4.57 Å². The Bertz CT molecular complexity index is 517. The molecule has 1 aliphatic rings. The van der Waals surface area contributed by atoms with E-state index < -0.39 is 6.10 Å². The first-order valence-electron chi connectivity index (χ1n) is 6.04. The fourth-order valence-corrected chi connectivity index (χ4v) is 2.56. The van der Waals surface area contributed by atoms with Gasteiger partial charge in [-0.05, 0) is 34.8 Å². The maximum absolute atomic E-state index is 12.0. The van der Waals surface area contributed by atoms with Crippen LogP contribution in [0.3, 0.4) is 0 Å². The average Bonchev–Trinajstić information content (AvgIpc) is 2.84. The molecule has 19 heavy (non-hydrogen) atoms. The van der Waals surface area contributed by atoms with Crippen molar-refractivity contribution in [1.29, 1.82) is 0 Å². The molecule has 0 saturated carbocycles. The number of aryl methyl sites for hydroxylation is 1. The number of nitrogens with zero attached hydrogens (tertiary/aromatic N) is 1. The van der Waals surface area contributed by atoms with Crippen LogP contribution in [-0.2, 0) is 16.6 Å². The highest BCUT2D eigenvalue weighted by Crippen LogP contribution is 2.20. The van der Waals surface area contributed by atoms with E-state index in [-0.39, 0.29) is 17.6 Å². The Labute approximate surface area is 119 Å². The van der Waals surface area contributed by atoms with Gasteiger partial charge in [-0.3, -0.25) is 9.59 Å². The molecule has 2 atom stereocenters. The number of nitrogens with one attached hydrogen (secondary N) is 1. The van der Waals surface area contributed by atoms with Gasteiger partial charge >= 0.3 is 0 Å². The van der Waals surface area contributed by atoms with Gasteiger partial charge in [-0.1, -0.05) is 0 Å². The average molecular weight is 330 g/mol. The molecule has 0 bridgehead atoms. The summed E-state index contributed by atoms with van der Waals surface area (Å²) < 4.78 is 7.31. The highest BCUT2D eigenvalue weighted by atomic mass is 79.9. The van der Waals surface area contributed by atoms with Crippen LogP contribution in [0.5, 0.6) is 0 Å². The van der Waals surface area contributed by atoms with E-state index in [0.29, 0.717) is 23.1 Å². The van der Waals surface area contributed by atoms with E-state index in [4.69, 9.17) is 10.5 Å². The van der Waals surface area contributed by atoms with Crippen molar-refractivity contribution >= 4 is 27.5 Å². The lowest BCUT2D eigenvalue weighted by Crippen LogP contribution is -2.30. The summed E-state index contributed by atoms with van der Waals surface area (Å²) in [5, 5.41) is 2.74. The zero-order chi connectivity index (χ0) is 14.0. The van der Waals surface area contributed by atoms with Crippen LogP contribution in [0.4, 0.5) is 5.69 Å². The number of pyridine rings is 1. The van der Waals surface area contributed by atoms with Crippen LogP contribution < -0.4 is 16.6 Å². The third-order valence-corrected chi connectivity index (χ3v) is 3.64. The summed E-state index contributed by atoms with van der Waals surface area (Å²) in [6.45, 7) is 0.426. The SMILES string of the molecule is Cn1cc(NC(=O)[C@@H]2CC[C@H](CN)O2)cc(Br)c1=O. The summed E-state index contributed by atoms with van der Waals surface area (Å²) in [5.41, 5.74) is 5.90. The van der Waals surface area contributed by atoms with E-state index in [0.717, 1.165) is 6.42 Å². The number of hydrogen-bond donors (Lipinski definition) is 2. The Morgan fingerprint density at radius 1 is 1.63 bits per heavy atom. The van der Waals surface area contributed by atoms with Crippen molar-refractivity contribution in [2.24, 2.45) is 12.8 Å². The molecule has 1 aliphatic heterocycles. The second kappa shape index (κ2) is 5.85. The molecule has 7 heteroatoms. The highest BCUT2D eigenvalue weighted by Gasteiger charge is 2.29. The summed E-state index contributed by atoms with van der Waals surface area (Å²) in [6, 6.07) is 1.58. The van der Waals surface area contributed by atoms with E-state index >= 15 is 0 Å². The van der Waals surface area contributed by atoms with Gasteiger partial charge in [0, 0.05) is 19.8 Å². The standard InChI is InChI=1S/C12H16BrN3O3/c1-16-6-7(4-9(13)12(16)18)15-11(17)10-3-2-8(5-14)19-10/h4,6,8,10H,2-3,5,14H2,1H3,(H,15,17)/t8-,10+/m1/s1. The number of ether oxygens (including phenoxy) is 1. The Balaban J connectivity index is 2.05. The Kier molecular flexibility index (Phi) is 4.38. The van der Waals surface area contributed by atoms with Crippen LogP contribution in [0.15, 0.2) is 21.5 Å². The number of aromatic nitrogens is 1. The minimum absolute atomic E-state index is 0.0392. The maximum Gasteiger partial charge on any atom is 0.264 e. The number of carbonyl (C=O) groups is 1. The van der Waals surface area contributed by atoms with Crippen LogP contribution in [0.1, 0.15) is 12.8 Å². The van der Waals surface area contributed by atoms with Crippen molar-refractivity contribution in [3.05, 3.63) is 27.1 Å². The van der Waals surface area contributed by atoms with Crippen LogP contribution in [0, 0.1) is 0 Å². The fraction of sp³-hybridized carbons (Fsp3) is 0.500.